The van der Waals surface area contributed by atoms with Crippen molar-refractivity contribution in [1.82, 2.24) is 14.9 Å². The zero-order valence-corrected chi connectivity index (χ0v) is 27.5. The smallest absolute Gasteiger partial charge is 0.410 e. The van der Waals surface area contributed by atoms with Crippen molar-refractivity contribution in [3.8, 4) is 29.4 Å². The summed E-state index contributed by atoms with van der Waals surface area (Å²) in [4.78, 5) is 26.5. The number of benzene rings is 2. The summed E-state index contributed by atoms with van der Waals surface area (Å²) in [5.41, 5.74) is 0.331. The number of carbonyl (C=O) groups excluding carboxylic acids is 1. The lowest BCUT2D eigenvalue weighted by molar-refractivity contribution is 0.0123. The molecule has 7 rings (SSSR count). The Morgan fingerprint density at radius 2 is 1.83 bits per heavy atom. The molecule has 1 saturated carbocycles. The number of ether oxygens (including phenoxy) is 3. The van der Waals surface area contributed by atoms with Crippen molar-refractivity contribution in [2.45, 2.75) is 70.1 Å². The molecule has 1 amide bonds. The lowest BCUT2D eigenvalue weighted by Gasteiger charge is -2.42. The van der Waals surface area contributed by atoms with Gasteiger partial charge in [0, 0.05) is 53.7 Å². The average Bonchev–Trinajstić information content (AvgIpc) is 3.82. The van der Waals surface area contributed by atoms with Crippen molar-refractivity contribution < 1.29 is 27.8 Å². The summed E-state index contributed by atoms with van der Waals surface area (Å²) in [7, 11) is 1.50. The van der Waals surface area contributed by atoms with Gasteiger partial charge in [-0.05, 0) is 76.0 Å². The molecule has 3 aliphatic rings. The zero-order chi connectivity index (χ0) is 33.2. The van der Waals surface area contributed by atoms with Gasteiger partial charge < -0.3 is 19.1 Å². The third-order valence-electron chi connectivity index (χ3n) is 9.11. The first-order valence-electron chi connectivity index (χ1n) is 15.8. The molecule has 2 saturated heterocycles. The van der Waals surface area contributed by atoms with Crippen molar-refractivity contribution in [2.75, 3.05) is 31.9 Å². The van der Waals surface area contributed by atoms with Gasteiger partial charge in [-0.1, -0.05) is 23.6 Å². The molecule has 4 heterocycles. The molecule has 2 bridgehead atoms. The number of piperazine rings is 1. The summed E-state index contributed by atoms with van der Waals surface area (Å²) in [6.07, 6.45) is 10.4. The molecule has 4 aromatic rings. The molecule has 11 heteroatoms. The number of terminal acetylenes is 1. The Morgan fingerprint density at radius 3 is 2.47 bits per heavy atom. The minimum absolute atomic E-state index is 0.00241. The molecule has 0 radical (unpaired) electrons. The Balaban J connectivity index is 1.38. The minimum Gasteiger partial charge on any atom is -0.468 e. The van der Waals surface area contributed by atoms with Gasteiger partial charge in [0.25, 0.3) is 0 Å². The van der Waals surface area contributed by atoms with Crippen LogP contribution in [0.4, 0.5) is 19.4 Å². The van der Waals surface area contributed by atoms with Gasteiger partial charge in [-0.15, -0.1) is 6.42 Å². The van der Waals surface area contributed by atoms with E-state index in [0.717, 1.165) is 25.7 Å². The largest absolute Gasteiger partial charge is 0.468 e. The maximum Gasteiger partial charge on any atom is 0.410 e. The molecule has 0 N–H and O–H groups in total. The highest BCUT2D eigenvalue weighted by atomic mass is 35.5. The fourth-order valence-corrected chi connectivity index (χ4v) is 7.38. The third-order valence-corrected chi connectivity index (χ3v) is 9.40. The number of aromatic nitrogens is 2. The van der Waals surface area contributed by atoms with Crippen LogP contribution >= 0.6 is 11.6 Å². The first kappa shape index (κ1) is 31.4. The summed E-state index contributed by atoms with van der Waals surface area (Å²) in [5, 5.41) is 2.03. The van der Waals surface area contributed by atoms with Crippen LogP contribution in [-0.4, -0.2) is 65.6 Å². The lowest BCUT2D eigenvalue weighted by atomic mass is 9.94. The molecule has 3 fully saturated rings. The van der Waals surface area contributed by atoms with E-state index in [-0.39, 0.29) is 47.3 Å². The minimum atomic E-state index is -0.605. The number of nitrogens with zero attached hydrogens (tertiary/aromatic N) is 4. The number of fused-ring (bicyclic) bond motifs is 4. The average molecular weight is 661 g/mol. The van der Waals surface area contributed by atoms with E-state index < -0.39 is 17.2 Å². The summed E-state index contributed by atoms with van der Waals surface area (Å²) in [5.74, 6) is 2.22. The highest BCUT2D eigenvalue weighted by molar-refractivity contribution is 6.31. The summed E-state index contributed by atoms with van der Waals surface area (Å²) in [6, 6.07) is 6.00. The molecule has 2 atom stereocenters. The molecule has 2 aliphatic heterocycles. The van der Waals surface area contributed by atoms with Crippen LogP contribution in [0.15, 0.2) is 30.5 Å². The van der Waals surface area contributed by atoms with Crippen molar-refractivity contribution in [3.05, 3.63) is 58.4 Å². The van der Waals surface area contributed by atoms with Crippen molar-refractivity contribution >= 4 is 45.1 Å². The van der Waals surface area contributed by atoms with E-state index in [2.05, 4.69) is 15.8 Å². The Labute approximate surface area is 276 Å². The van der Waals surface area contributed by atoms with Crippen molar-refractivity contribution in [1.29, 1.82) is 0 Å². The molecule has 0 spiro atoms. The topological polar surface area (TPSA) is 77.0 Å². The second-order valence-corrected chi connectivity index (χ2v) is 13.8. The maximum absolute atomic E-state index is 17.2. The van der Waals surface area contributed by atoms with Crippen LogP contribution in [0, 0.1) is 24.0 Å². The lowest BCUT2D eigenvalue weighted by Crippen LogP contribution is -2.57. The van der Waals surface area contributed by atoms with Crippen LogP contribution in [0.3, 0.4) is 0 Å². The molecular formula is C36H35ClF2N4O4. The number of halogens is 3. The quantitative estimate of drug-likeness (QED) is 0.119. The normalized spacial score (nSPS) is 19.4. The Morgan fingerprint density at radius 1 is 1.11 bits per heavy atom. The number of anilines is 1. The van der Waals surface area contributed by atoms with Gasteiger partial charge in [0.05, 0.1) is 17.6 Å². The monoisotopic (exact) mass is 660 g/mol. The third kappa shape index (κ3) is 5.59. The number of amides is 1. The number of methoxy groups -OCH3 is 1. The predicted octanol–water partition coefficient (Wildman–Crippen LogP) is 7.81. The first-order chi connectivity index (χ1) is 22.5. The van der Waals surface area contributed by atoms with E-state index in [1.807, 2.05) is 25.7 Å². The van der Waals surface area contributed by atoms with Crippen LogP contribution in [0.1, 0.15) is 63.5 Å². The number of carbonyl (C=O) groups is 1. The van der Waals surface area contributed by atoms with E-state index in [1.54, 1.807) is 24.4 Å². The van der Waals surface area contributed by atoms with Crippen LogP contribution in [-0.2, 0) is 9.47 Å². The van der Waals surface area contributed by atoms with Gasteiger partial charge in [-0.25, -0.2) is 18.6 Å². The van der Waals surface area contributed by atoms with Crippen LogP contribution in [0.5, 0.6) is 5.75 Å². The van der Waals surface area contributed by atoms with Crippen LogP contribution in [0.25, 0.3) is 32.8 Å². The Bertz CT molecular complexity index is 1960. The van der Waals surface area contributed by atoms with Gasteiger partial charge in [0.1, 0.15) is 33.8 Å². The van der Waals surface area contributed by atoms with Crippen LogP contribution < -0.4 is 9.64 Å². The summed E-state index contributed by atoms with van der Waals surface area (Å²) >= 11 is 6.90. The summed E-state index contributed by atoms with van der Waals surface area (Å²) in [6.45, 7) is 6.51. The van der Waals surface area contributed by atoms with Crippen LogP contribution in [0.2, 0.25) is 5.15 Å². The molecule has 47 heavy (non-hydrogen) atoms. The number of hydrogen-bond donors (Lipinski definition) is 0. The first-order valence-corrected chi connectivity index (χ1v) is 16.2. The highest BCUT2D eigenvalue weighted by Gasteiger charge is 2.45. The van der Waals surface area contributed by atoms with E-state index in [9.17, 15) is 4.79 Å². The van der Waals surface area contributed by atoms with Gasteiger partial charge >= 0.3 is 6.09 Å². The summed E-state index contributed by atoms with van der Waals surface area (Å²) < 4.78 is 48.8. The molecule has 2 aromatic carbocycles. The molecule has 8 nitrogen and oxygen atoms in total. The van der Waals surface area contributed by atoms with Gasteiger partial charge in [-0.3, -0.25) is 9.88 Å². The number of pyridine rings is 2. The molecule has 244 valence electrons. The van der Waals surface area contributed by atoms with E-state index >= 15 is 8.78 Å². The second-order valence-electron chi connectivity index (χ2n) is 13.5. The maximum atomic E-state index is 17.2. The van der Waals surface area contributed by atoms with Crippen molar-refractivity contribution in [2.24, 2.45) is 0 Å². The fourth-order valence-electron chi connectivity index (χ4n) is 7.05. The van der Waals surface area contributed by atoms with Crippen molar-refractivity contribution in [3.63, 3.8) is 0 Å². The van der Waals surface area contributed by atoms with E-state index in [4.69, 9.17) is 37.2 Å². The van der Waals surface area contributed by atoms with Gasteiger partial charge in [-0.2, -0.15) is 0 Å². The highest BCUT2D eigenvalue weighted by Crippen LogP contribution is 2.50. The second kappa shape index (κ2) is 11.8. The molecule has 2 aromatic heterocycles. The number of rotatable bonds is 6. The standard InChI is InChI=1S/C36H35ClF2N4O4/c1-6-24-27(38)12-9-20-13-23(46-18-45-5)14-25(28(20)24)32-31(39)30-26(15-40-32)34(41-33(37)29(30)19-7-8-19)42-16-21-10-11-22(17-42)43(21)35(44)47-36(2,3)4/h1,9,12-15,19,21-22H,7-8,10-11,16-18H2,2-5H3. The van der Waals surface area contributed by atoms with E-state index in [0.29, 0.717) is 57.3 Å². The Hall–Kier alpha value is -4.20. The fraction of sp³-hybridized carbons (Fsp3) is 0.417. The SMILES string of the molecule is C#Cc1c(F)ccc2cc(OCOC)cc(-c3ncc4c(N5CC6CCC(C5)N6C(=O)OC(C)(C)C)nc(Cl)c(C5CC5)c4c3F)c12. The Kier molecular flexibility index (Phi) is 7.88. The van der Waals surface area contributed by atoms with Gasteiger partial charge in [0.15, 0.2) is 12.6 Å². The molecular weight excluding hydrogens is 626 g/mol. The molecule has 1 aliphatic carbocycles. The number of hydrogen-bond acceptors (Lipinski definition) is 7. The van der Waals surface area contributed by atoms with Gasteiger partial charge in [0.2, 0.25) is 0 Å². The molecule has 2 unspecified atom stereocenters. The predicted molar refractivity (Wildman–Crippen MR) is 177 cm³/mol. The zero-order valence-electron chi connectivity index (χ0n) is 26.7. The van der Waals surface area contributed by atoms with E-state index in [1.165, 1.54) is 13.2 Å².